The molecule has 1 heterocycles. The second-order valence-electron chi connectivity index (χ2n) is 5.01. The largest absolute Gasteiger partial charge is 0.469 e. The number of likely N-dealkylation sites (tertiary alicyclic amines) is 1. The van der Waals surface area contributed by atoms with Crippen LogP contribution in [-0.4, -0.2) is 37.0 Å². The van der Waals surface area contributed by atoms with Crippen LogP contribution in [0.4, 0.5) is 0 Å². The highest BCUT2D eigenvalue weighted by atomic mass is 16.5. The van der Waals surface area contributed by atoms with Gasteiger partial charge in [0, 0.05) is 13.1 Å². The van der Waals surface area contributed by atoms with Gasteiger partial charge in [0.25, 0.3) is 0 Å². The second kappa shape index (κ2) is 5.87. The second-order valence-corrected chi connectivity index (χ2v) is 5.01. The van der Waals surface area contributed by atoms with E-state index in [1.54, 1.807) is 4.90 Å². The van der Waals surface area contributed by atoms with Crippen LogP contribution in [0.1, 0.15) is 17.5 Å². The summed E-state index contributed by atoms with van der Waals surface area (Å²) in [6.07, 6.45) is 1.10. The Labute approximate surface area is 113 Å². The Bertz CT molecular complexity index is 467. The SMILES string of the molecule is COC(=O)C1CCN(C(=O)Cc2ccc(C)cc2)C1. The number of hydrogen-bond donors (Lipinski definition) is 0. The van der Waals surface area contributed by atoms with Crippen molar-refractivity contribution in [2.24, 2.45) is 5.92 Å². The quantitative estimate of drug-likeness (QED) is 0.776. The lowest BCUT2D eigenvalue weighted by Gasteiger charge is -2.16. The topological polar surface area (TPSA) is 46.6 Å². The molecule has 0 radical (unpaired) electrons. The zero-order valence-corrected chi connectivity index (χ0v) is 11.4. The van der Waals surface area contributed by atoms with Gasteiger partial charge in [0.15, 0.2) is 0 Å². The standard InChI is InChI=1S/C15H19NO3/c1-11-3-5-12(6-4-11)9-14(17)16-8-7-13(10-16)15(18)19-2/h3-6,13H,7-10H2,1-2H3. The minimum atomic E-state index is -0.217. The van der Waals surface area contributed by atoms with Crippen LogP contribution in [0.15, 0.2) is 24.3 Å². The molecule has 0 N–H and O–H groups in total. The van der Waals surface area contributed by atoms with Crippen LogP contribution < -0.4 is 0 Å². The van der Waals surface area contributed by atoms with Crippen molar-refractivity contribution in [1.82, 2.24) is 4.90 Å². The molecule has 0 aliphatic carbocycles. The van der Waals surface area contributed by atoms with Crippen molar-refractivity contribution in [3.8, 4) is 0 Å². The number of methoxy groups -OCH3 is 1. The Kier molecular flexibility index (Phi) is 4.20. The van der Waals surface area contributed by atoms with E-state index in [1.165, 1.54) is 12.7 Å². The van der Waals surface area contributed by atoms with Crippen molar-refractivity contribution in [3.63, 3.8) is 0 Å². The average Bonchev–Trinajstić information content (AvgIpc) is 2.90. The lowest BCUT2D eigenvalue weighted by atomic mass is 10.1. The summed E-state index contributed by atoms with van der Waals surface area (Å²) in [5, 5.41) is 0. The van der Waals surface area contributed by atoms with Crippen molar-refractivity contribution in [2.75, 3.05) is 20.2 Å². The molecule has 0 spiro atoms. The number of aryl methyl sites for hydroxylation is 1. The van der Waals surface area contributed by atoms with Gasteiger partial charge in [0.1, 0.15) is 0 Å². The van der Waals surface area contributed by atoms with Crippen molar-refractivity contribution in [2.45, 2.75) is 19.8 Å². The Balaban J connectivity index is 1.91. The first-order valence-corrected chi connectivity index (χ1v) is 6.51. The van der Waals surface area contributed by atoms with Crippen molar-refractivity contribution in [3.05, 3.63) is 35.4 Å². The van der Waals surface area contributed by atoms with Gasteiger partial charge < -0.3 is 9.64 Å². The minimum absolute atomic E-state index is 0.0789. The van der Waals surface area contributed by atoms with E-state index in [0.717, 1.165) is 5.56 Å². The van der Waals surface area contributed by atoms with E-state index in [2.05, 4.69) is 0 Å². The van der Waals surface area contributed by atoms with E-state index in [9.17, 15) is 9.59 Å². The van der Waals surface area contributed by atoms with E-state index in [1.807, 2.05) is 31.2 Å². The highest BCUT2D eigenvalue weighted by Gasteiger charge is 2.31. The number of rotatable bonds is 3. The van der Waals surface area contributed by atoms with Gasteiger partial charge in [0.05, 0.1) is 19.4 Å². The molecule has 102 valence electrons. The normalized spacial score (nSPS) is 18.4. The fraction of sp³-hybridized carbons (Fsp3) is 0.467. The molecule has 4 nitrogen and oxygen atoms in total. The van der Waals surface area contributed by atoms with Crippen LogP contribution in [0.5, 0.6) is 0 Å². The number of nitrogens with zero attached hydrogens (tertiary/aromatic N) is 1. The molecule has 0 aromatic heterocycles. The third kappa shape index (κ3) is 3.34. The Morgan fingerprint density at radius 2 is 2.00 bits per heavy atom. The molecule has 1 fully saturated rings. The molecule has 1 amide bonds. The molecule has 2 rings (SSSR count). The smallest absolute Gasteiger partial charge is 0.310 e. The number of amides is 1. The zero-order valence-electron chi connectivity index (χ0n) is 11.4. The third-order valence-corrected chi connectivity index (χ3v) is 3.55. The predicted octanol–water partition coefficient (Wildman–Crippen LogP) is 1.56. The van der Waals surface area contributed by atoms with Crippen LogP contribution in [0.3, 0.4) is 0 Å². The van der Waals surface area contributed by atoms with Gasteiger partial charge in [-0.3, -0.25) is 9.59 Å². The van der Waals surface area contributed by atoms with E-state index in [0.29, 0.717) is 25.9 Å². The molecule has 1 aliphatic rings. The maximum absolute atomic E-state index is 12.1. The summed E-state index contributed by atoms with van der Waals surface area (Å²) < 4.78 is 4.72. The molecule has 19 heavy (non-hydrogen) atoms. The fourth-order valence-electron chi connectivity index (χ4n) is 2.34. The maximum Gasteiger partial charge on any atom is 0.310 e. The van der Waals surface area contributed by atoms with Crippen LogP contribution in [-0.2, 0) is 20.7 Å². The number of benzene rings is 1. The van der Waals surface area contributed by atoms with Gasteiger partial charge in [-0.2, -0.15) is 0 Å². The maximum atomic E-state index is 12.1. The number of carbonyl (C=O) groups excluding carboxylic acids is 2. The highest BCUT2D eigenvalue weighted by molar-refractivity contribution is 5.81. The molecule has 1 atom stereocenters. The summed E-state index contributed by atoms with van der Waals surface area (Å²) in [6, 6.07) is 7.95. The highest BCUT2D eigenvalue weighted by Crippen LogP contribution is 2.18. The van der Waals surface area contributed by atoms with Gasteiger partial charge in [-0.05, 0) is 18.9 Å². The Morgan fingerprint density at radius 1 is 1.32 bits per heavy atom. The monoisotopic (exact) mass is 261 g/mol. The number of esters is 1. The molecular weight excluding hydrogens is 242 g/mol. The molecule has 0 bridgehead atoms. The first kappa shape index (κ1) is 13.6. The molecule has 4 heteroatoms. The summed E-state index contributed by atoms with van der Waals surface area (Å²) in [5.41, 5.74) is 2.19. The van der Waals surface area contributed by atoms with Gasteiger partial charge in [-0.1, -0.05) is 29.8 Å². The van der Waals surface area contributed by atoms with Gasteiger partial charge in [-0.25, -0.2) is 0 Å². The summed E-state index contributed by atoms with van der Waals surface area (Å²) in [4.78, 5) is 25.3. The van der Waals surface area contributed by atoms with E-state index < -0.39 is 0 Å². The van der Waals surface area contributed by atoms with E-state index in [4.69, 9.17) is 4.74 Å². The molecule has 1 aromatic carbocycles. The van der Waals surface area contributed by atoms with Gasteiger partial charge in [-0.15, -0.1) is 0 Å². The first-order valence-electron chi connectivity index (χ1n) is 6.51. The van der Waals surface area contributed by atoms with Crippen molar-refractivity contribution in [1.29, 1.82) is 0 Å². The fourth-order valence-corrected chi connectivity index (χ4v) is 2.34. The van der Waals surface area contributed by atoms with Crippen molar-refractivity contribution < 1.29 is 14.3 Å². The summed E-state index contributed by atoms with van der Waals surface area (Å²) in [5.74, 6) is -0.298. The summed E-state index contributed by atoms with van der Waals surface area (Å²) in [6.45, 7) is 3.15. The first-order chi connectivity index (χ1) is 9.10. The van der Waals surface area contributed by atoms with Crippen LogP contribution in [0, 0.1) is 12.8 Å². The molecule has 1 saturated heterocycles. The number of carbonyl (C=O) groups is 2. The number of ether oxygens (including phenoxy) is 1. The van der Waals surface area contributed by atoms with Crippen LogP contribution in [0.2, 0.25) is 0 Å². The molecule has 1 aromatic rings. The molecule has 1 unspecified atom stereocenters. The minimum Gasteiger partial charge on any atom is -0.469 e. The van der Waals surface area contributed by atoms with Crippen LogP contribution in [0.25, 0.3) is 0 Å². The Morgan fingerprint density at radius 3 is 2.63 bits per heavy atom. The van der Waals surface area contributed by atoms with E-state index >= 15 is 0 Å². The lowest BCUT2D eigenvalue weighted by Crippen LogP contribution is -2.31. The summed E-state index contributed by atoms with van der Waals surface area (Å²) in [7, 11) is 1.39. The molecular formula is C15H19NO3. The van der Waals surface area contributed by atoms with Gasteiger partial charge in [0.2, 0.25) is 5.91 Å². The Hall–Kier alpha value is -1.84. The molecule has 0 saturated carbocycles. The summed E-state index contributed by atoms with van der Waals surface area (Å²) >= 11 is 0. The third-order valence-electron chi connectivity index (χ3n) is 3.55. The zero-order chi connectivity index (χ0) is 13.8. The van der Waals surface area contributed by atoms with Crippen LogP contribution >= 0.6 is 0 Å². The van der Waals surface area contributed by atoms with Gasteiger partial charge >= 0.3 is 5.97 Å². The van der Waals surface area contributed by atoms with E-state index in [-0.39, 0.29) is 17.8 Å². The average molecular weight is 261 g/mol. The molecule has 1 aliphatic heterocycles. The number of hydrogen-bond acceptors (Lipinski definition) is 3. The van der Waals surface area contributed by atoms with Crippen molar-refractivity contribution >= 4 is 11.9 Å². The predicted molar refractivity (Wildman–Crippen MR) is 71.6 cm³/mol. The lowest BCUT2D eigenvalue weighted by molar-refractivity contribution is -0.145.